The zero-order chi connectivity index (χ0) is 3.58. The van der Waals surface area contributed by atoms with Gasteiger partial charge in [0.2, 0.25) is 5.57 Å². The summed E-state index contributed by atoms with van der Waals surface area (Å²) in [5.41, 5.74) is -3.08. The summed E-state index contributed by atoms with van der Waals surface area (Å²) < 4.78 is 28.8. The molecule has 1 nitrogen and oxygen atoms in total. The van der Waals surface area contributed by atoms with E-state index in [1.54, 1.807) is 0 Å². The monoisotopic (exact) mass is 72.0 g/mol. The first-order chi connectivity index (χ1) is 1.73. The first kappa shape index (κ1) is 3.75. The van der Waals surface area contributed by atoms with E-state index in [1.807, 2.05) is 0 Å². The van der Waals surface area contributed by atoms with Gasteiger partial charge in [0, 0.05) is 0 Å². The number of hydrogen-bond donors (Lipinski definition) is 1. The Morgan fingerprint density at radius 2 is 1.00 bits per heavy atom. The van der Waals surface area contributed by atoms with Gasteiger partial charge >= 0.3 is 0 Å². The molecule has 1 N–H and O–H groups in total. The Morgan fingerprint density at radius 1 is 1.00 bits per heavy atom. The fourth-order valence-corrected chi connectivity index (χ4v) is 0. The van der Waals surface area contributed by atoms with Gasteiger partial charge < -0.3 is 0 Å². The number of quaternary nitrogens is 1. The highest BCUT2D eigenvalue weighted by atomic mass is 19.5. The summed E-state index contributed by atoms with van der Waals surface area (Å²) in [5.74, 6) is 0. The molecule has 4 heavy (non-hydrogen) atoms. The summed E-state index contributed by atoms with van der Waals surface area (Å²) in [6, 6.07) is 0. The van der Waals surface area contributed by atoms with Gasteiger partial charge in [-0.2, -0.15) is 0 Å². The van der Waals surface area contributed by atoms with Crippen molar-refractivity contribution in [2.45, 2.75) is 0 Å². The molecule has 0 aromatic heterocycles. The Balaban J connectivity index is 2.32. The standard InChI is InChI=1S/F3HN/c1-4(2)3/h4H/q+1. The van der Waals surface area contributed by atoms with Crippen LogP contribution in [0.1, 0.15) is 0 Å². The van der Waals surface area contributed by atoms with Crippen LogP contribution in [-0.4, -0.2) is 0 Å². The van der Waals surface area contributed by atoms with Crippen molar-refractivity contribution < 1.29 is 19.0 Å². The Hall–Kier alpha value is -0.250. The van der Waals surface area contributed by atoms with E-state index in [-0.39, 0.29) is 0 Å². The van der Waals surface area contributed by atoms with Crippen molar-refractivity contribution >= 4 is 0 Å². The van der Waals surface area contributed by atoms with Crippen LogP contribution in [0.4, 0.5) is 13.4 Å². The zero-order valence-electron chi connectivity index (χ0n) is 1.63. The number of halogens is 3. The molecule has 0 aromatic rings. The van der Waals surface area contributed by atoms with Crippen LogP contribution in [0.5, 0.6) is 0 Å². The predicted molar refractivity (Wildman–Crippen MR) is 4.29 cm³/mol. The smallest absolute Gasteiger partial charge is 0.0872 e. The van der Waals surface area contributed by atoms with Crippen LogP contribution < -0.4 is 5.57 Å². The first-order valence-corrected chi connectivity index (χ1v) is 0.567. The lowest BCUT2D eigenvalue weighted by molar-refractivity contribution is -1.26. The van der Waals surface area contributed by atoms with E-state index >= 15 is 0 Å². The Kier molecular flexibility index (Phi) is 1.04. The highest BCUT2D eigenvalue weighted by molar-refractivity contribution is 2.37. The van der Waals surface area contributed by atoms with Gasteiger partial charge in [0.25, 0.3) is 0 Å². The van der Waals surface area contributed by atoms with Gasteiger partial charge in [-0.25, -0.2) is 0 Å². The number of rotatable bonds is 0. The van der Waals surface area contributed by atoms with E-state index in [9.17, 15) is 13.4 Å². The molecule has 0 atom stereocenters. The van der Waals surface area contributed by atoms with Crippen LogP contribution in [-0.2, 0) is 0 Å². The van der Waals surface area contributed by atoms with E-state index in [2.05, 4.69) is 0 Å². The van der Waals surface area contributed by atoms with E-state index in [1.165, 1.54) is 0 Å². The summed E-state index contributed by atoms with van der Waals surface area (Å²) in [6.07, 6.45) is 0. The Labute approximate surface area is 20.4 Å². The van der Waals surface area contributed by atoms with Crippen LogP contribution in [0.2, 0.25) is 0 Å². The minimum Gasteiger partial charge on any atom is 0.0872 e. The van der Waals surface area contributed by atoms with Gasteiger partial charge in [-0.3, -0.25) is 0 Å². The third-order valence-electron chi connectivity index (χ3n) is 0. The molecule has 0 bridgehead atoms. The molecule has 0 radical (unpaired) electrons. The number of nitrogens with one attached hydrogen (secondary N) is 1. The van der Waals surface area contributed by atoms with Crippen LogP contribution >= 0.6 is 0 Å². The lowest BCUT2D eigenvalue weighted by atomic mass is 13.5. The van der Waals surface area contributed by atoms with Crippen molar-refractivity contribution in [3.8, 4) is 0 Å². The van der Waals surface area contributed by atoms with E-state index in [0.717, 1.165) is 0 Å². The molecule has 0 aliphatic rings. The molecule has 0 saturated heterocycles. The molecule has 0 amide bonds. The normalized spacial score (nSPS) is 9.00. The largest absolute Gasteiger partial charge is 0.232 e. The van der Waals surface area contributed by atoms with Crippen molar-refractivity contribution in [2.24, 2.45) is 0 Å². The molecule has 0 unspecified atom stereocenters. The van der Waals surface area contributed by atoms with Gasteiger partial charge in [0.15, 0.2) is 0 Å². The van der Waals surface area contributed by atoms with Crippen molar-refractivity contribution in [1.29, 1.82) is 0 Å². The van der Waals surface area contributed by atoms with Crippen LogP contribution in [0, 0.1) is 0 Å². The summed E-state index contributed by atoms with van der Waals surface area (Å²) in [7, 11) is 0. The van der Waals surface area contributed by atoms with Crippen LogP contribution in [0.25, 0.3) is 0 Å². The minimum atomic E-state index is -3.08. The predicted octanol–water partition coefficient (Wildman–Crippen LogP) is -0.475. The average Bonchev–Trinajstić information content (AvgIpc) is 0.811. The summed E-state index contributed by atoms with van der Waals surface area (Å²) >= 11 is 0. The maximum absolute atomic E-state index is 9.58. The molecule has 26 valence electrons. The van der Waals surface area contributed by atoms with Crippen molar-refractivity contribution in [2.75, 3.05) is 0 Å². The van der Waals surface area contributed by atoms with Gasteiger partial charge in [-0.15, -0.1) is 0 Å². The van der Waals surface area contributed by atoms with Gasteiger partial charge in [-0.05, 0) is 0 Å². The zero-order valence-corrected chi connectivity index (χ0v) is 1.63. The van der Waals surface area contributed by atoms with Crippen molar-refractivity contribution in [3.63, 3.8) is 0 Å². The molecule has 0 aliphatic carbocycles. The molecular formula is HF3N+. The number of hydrogen-bond acceptors (Lipinski definition) is 0. The second kappa shape index (κ2) is 1.11. The SMILES string of the molecule is F[NH+](F)F. The topological polar surface area (TPSA) is 4.44 Å². The summed E-state index contributed by atoms with van der Waals surface area (Å²) in [5, 5.41) is 0. The summed E-state index contributed by atoms with van der Waals surface area (Å²) in [4.78, 5) is 0. The van der Waals surface area contributed by atoms with E-state index in [4.69, 9.17) is 0 Å². The second-order valence-electron chi connectivity index (χ2n) is 0.214. The van der Waals surface area contributed by atoms with Crippen molar-refractivity contribution in [3.05, 3.63) is 0 Å². The van der Waals surface area contributed by atoms with Crippen molar-refractivity contribution in [1.82, 2.24) is 0 Å². The second-order valence-corrected chi connectivity index (χ2v) is 0.214. The highest BCUT2D eigenvalue weighted by Crippen LogP contribution is 1.34. The van der Waals surface area contributed by atoms with Gasteiger partial charge in [0.1, 0.15) is 0 Å². The lowest BCUT2D eigenvalue weighted by Gasteiger charge is -1.57. The lowest BCUT2D eigenvalue weighted by Crippen LogP contribution is -2.86. The van der Waals surface area contributed by atoms with Crippen LogP contribution in [0.15, 0.2) is 0 Å². The average molecular weight is 72.0 g/mol. The third kappa shape index (κ3) is 15.8. The molecule has 0 fully saturated rings. The third-order valence-corrected chi connectivity index (χ3v) is 0. The minimum absolute atomic E-state index is 3.08. The molecule has 0 saturated carbocycles. The molecule has 4 heteroatoms. The Morgan fingerprint density at radius 3 is 1.00 bits per heavy atom. The fraction of sp³-hybridized carbons (Fsp3) is 0. The quantitative estimate of drug-likeness (QED) is 0.369. The van der Waals surface area contributed by atoms with E-state index in [0.29, 0.717) is 0 Å². The highest BCUT2D eigenvalue weighted by Gasteiger charge is 1.89. The maximum atomic E-state index is 9.58. The molecule has 0 aromatic carbocycles. The summed E-state index contributed by atoms with van der Waals surface area (Å²) in [6.45, 7) is 0. The maximum Gasteiger partial charge on any atom is 0.232 e. The Bertz CT molecular complexity index is 8.00. The molecule has 0 heterocycles. The van der Waals surface area contributed by atoms with Gasteiger partial charge in [0.05, 0.1) is 13.4 Å². The fourth-order valence-electron chi connectivity index (χ4n) is 0. The van der Waals surface area contributed by atoms with Gasteiger partial charge in [-0.1, -0.05) is 0 Å². The van der Waals surface area contributed by atoms with E-state index < -0.39 is 5.57 Å². The van der Waals surface area contributed by atoms with Crippen LogP contribution in [0.3, 0.4) is 0 Å². The molecular weight excluding hydrogens is 71.0 g/mol. The molecule has 0 rings (SSSR count). The first-order valence-electron chi connectivity index (χ1n) is 0.567. The molecule has 0 spiro atoms. The molecule has 0 aliphatic heterocycles.